The quantitative estimate of drug-likeness (QED) is 0.592. The highest BCUT2D eigenvalue weighted by Gasteiger charge is 2.10. The fraction of sp³-hybridized carbons (Fsp3) is 0.0769. The first kappa shape index (κ1) is 10.7. The third kappa shape index (κ3) is 2.62. The summed E-state index contributed by atoms with van der Waals surface area (Å²) in [5.41, 5.74) is 3.12. The molecule has 2 rings (SSSR count). The molecule has 0 N–H and O–H groups in total. The van der Waals surface area contributed by atoms with Crippen LogP contribution in [0.15, 0.2) is 60.7 Å². The fourth-order valence-electron chi connectivity index (χ4n) is 1.63. The molecule has 0 saturated heterocycles. The van der Waals surface area contributed by atoms with Crippen molar-refractivity contribution in [1.29, 1.82) is 0 Å². The van der Waals surface area contributed by atoms with E-state index in [9.17, 15) is 0 Å². The van der Waals surface area contributed by atoms with Crippen molar-refractivity contribution in [2.24, 2.45) is 0 Å². The van der Waals surface area contributed by atoms with Gasteiger partial charge in [0.1, 0.15) is 0 Å². The Morgan fingerprint density at radius 2 is 1.13 bits per heavy atom. The average molecular weight is 232 g/mol. The van der Waals surface area contributed by atoms with E-state index in [-0.39, 0.29) is 0 Å². The van der Waals surface area contributed by atoms with Gasteiger partial charge in [-0.1, -0.05) is 68.4 Å². The number of hydrogen-bond donors (Lipinski definition) is 1. The first-order valence-electron chi connectivity index (χ1n) is 4.91. The Morgan fingerprint density at radius 3 is 1.47 bits per heavy atom. The average Bonchev–Trinajstić information content (AvgIpc) is 2.33. The van der Waals surface area contributed by atoms with E-state index in [4.69, 9.17) is 0 Å². The molecule has 0 aliphatic rings. The number of hydrogen-bond acceptors (Lipinski definition) is 1. The van der Waals surface area contributed by atoms with Crippen molar-refractivity contribution < 1.29 is 0 Å². The molecule has 76 valence electrons. The Bertz CT molecular complexity index is 360. The van der Waals surface area contributed by atoms with Crippen LogP contribution in [0, 0.1) is 0 Å². The lowest BCUT2D eigenvalue weighted by atomic mass is 10.0. The standard InChI is InChI=1S/C13H13PS/c15-14-13(11-7-3-1-4-8-11)12-9-5-2-6-10-12/h1-10,13-15H. The Kier molecular flexibility index (Phi) is 3.82. The van der Waals surface area contributed by atoms with Crippen molar-refractivity contribution in [2.45, 2.75) is 5.66 Å². The molecule has 0 saturated carbocycles. The maximum Gasteiger partial charge on any atom is 0.0354 e. The van der Waals surface area contributed by atoms with Crippen LogP contribution in [0.4, 0.5) is 0 Å². The van der Waals surface area contributed by atoms with Gasteiger partial charge in [-0.15, -0.1) is 0 Å². The summed E-state index contributed by atoms with van der Waals surface area (Å²) in [4.78, 5) is 0. The third-order valence-corrected chi connectivity index (χ3v) is 4.09. The van der Waals surface area contributed by atoms with E-state index in [1.165, 1.54) is 11.1 Å². The third-order valence-electron chi connectivity index (χ3n) is 2.39. The van der Waals surface area contributed by atoms with E-state index in [0.29, 0.717) is 13.4 Å². The zero-order chi connectivity index (χ0) is 10.5. The summed E-state index contributed by atoms with van der Waals surface area (Å²) in [6, 6.07) is 21.1. The maximum atomic E-state index is 4.47. The van der Waals surface area contributed by atoms with E-state index < -0.39 is 0 Å². The first-order chi connectivity index (χ1) is 7.42. The summed E-state index contributed by atoms with van der Waals surface area (Å²) in [5.74, 6) is 0. The molecule has 0 bridgehead atoms. The second-order valence-electron chi connectivity index (χ2n) is 3.38. The van der Waals surface area contributed by atoms with E-state index in [0.717, 1.165) is 0 Å². The molecule has 0 nitrogen and oxygen atoms in total. The minimum absolute atomic E-state index is 0.427. The number of thiol groups is 1. The van der Waals surface area contributed by atoms with Crippen molar-refractivity contribution >= 4 is 20.0 Å². The van der Waals surface area contributed by atoms with Gasteiger partial charge >= 0.3 is 0 Å². The number of rotatable bonds is 3. The van der Waals surface area contributed by atoms with Crippen LogP contribution in [0.1, 0.15) is 16.8 Å². The normalized spacial score (nSPS) is 11.3. The van der Waals surface area contributed by atoms with Gasteiger partial charge in [-0.3, -0.25) is 0 Å². The van der Waals surface area contributed by atoms with E-state index in [1.807, 2.05) is 12.1 Å². The van der Waals surface area contributed by atoms with Crippen LogP contribution in [0.5, 0.6) is 0 Å². The van der Waals surface area contributed by atoms with Crippen molar-refractivity contribution in [1.82, 2.24) is 0 Å². The molecule has 2 heteroatoms. The molecule has 0 aliphatic carbocycles. The van der Waals surface area contributed by atoms with Gasteiger partial charge in [0.15, 0.2) is 0 Å². The molecule has 2 aromatic carbocycles. The fourth-order valence-corrected chi connectivity index (χ4v) is 3.21. The summed E-state index contributed by atoms with van der Waals surface area (Å²) in [7, 11) is 0.598. The van der Waals surface area contributed by atoms with Gasteiger partial charge in [0.2, 0.25) is 0 Å². The zero-order valence-corrected chi connectivity index (χ0v) is 10.2. The van der Waals surface area contributed by atoms with E-state index in [2.05, 4.69) is 60.8 Å². The Hall–Kier alpha value is -0.780. The molecule has 0 heterocycles. The van der Waals surface area contributed by atoms with Gasteiger partial charge in [0.25, 0.3) is 0 Å². The summed E-state index contributed by atoms with van der Waals surface area (Å²) < 4.78 is 0. The van der Waals surface area contributed by atoms with E-state index in [1.54, 1.807) is 0 Å². The van der Waals surface area contributed by atoms with Crippen LogP contribution >= 0.6 is 20.0 Å². The van der Waals surface area contributed by atoms with E-state index >= 15 is 0 Å². The lowest BCUT2D eigenvalue weighted by Gasteiger charge is -2.14. The van der Waals surface area contributed by atoms with Crippen LogP contribution in [-0.2, 0) is 0 Å². The van der Waals surface area contributed by atoms with Gasteiger partial charge in [0.05, 0.1) is 0 Å². The SMILES string of the molecule is SPC(c1ccccc1)c1ccccc1. The van der Waals surface area contributed by atoms with Gasteiger partial charge < -0.3 is 0 Å². The molecule has 0 aromatic heterocycles. The molecule has 15 heavy (non-hydrogen) atoms. The molecular formula is C13H13PS. The van der Waals surface area contributed by atoms with Crippen molar-refractivity contribution in [3.05, 3.63) is 71.8 Å². The second kappa shape index (κ2) is 5.34. The summed E-state index contributed by atoms with van der Waals surface area (Å²) >= 11 is 4.47. The van der Waals surface area contributed by atoms with Gasteiger partial charge in [0, 0.05) is 5.66 Å². The highest BCUT2D eigenvalue weighted by atomic mass is 32.7. The monoisotopic (exact) mass is 232 g/mol. The second-order valence-corrected chi connectivity index (χ2v) is 4.99. The molecule has 1 atom stereocenters. The molecule has 0 radical (unpaired) electrons. The molecule has 0 spiro atoms. The molecule has 0 fully saturated rings. The Morgan fingerprint density at radius 1 is 0.733 bits per heavy atom. The molecular weight excluding hydrogens is 219 g/mol. The Labute approximate surface area is 97.7 Å². The first-order valence-corrected chi connectivity index (χ1v) is 7.28. The van der Waals surface area contributed by atoms with Gasteiger partial charge in [-0.25, -0.2) is 0 Å². The summed E-state index contributed by atoms with van der Waals surface area (Å²) in [5, 5.41) is 0. The predicted octanol–water partition coefficient (Wildman–Crippen LogP) is 4.30. The largest absolute Gasteiger partial charge is 0.154 e. The lowest BCUT2D eigenvalue weighted by molar-refractivity contribution is 1.16. The molecule has 1 unspecified atom stereocenters. The smallest absolute Gasteiger partial charge is 0.0354 e. The minimum atomic E-state index is 0.427. The minimum Gasteiger partial charge on any atom is -0.154 e. The van der Waals surface area contributed by atoms with Crippen LogP contribution in [0.25, 0.3) is 0 Å². The summed E-state index contributed by atoms with van der Waals surface area (Å²) in [6.45, 7) is 0. The van der Waals surface area contributed by atoms with Crippen LogP contribution in [-0.4, -0.2) is 0 Å². The topological polar surface area (TPSA) is 0 Å². The number of benzene rings is 2. The highest BCUT2D eigenvalue weighted by molar-refractivity contribution is 8.38. The molecule has 2 aromatic rings. The lowest BCUT2D eigenvalue weighted by Crippen LogP contribution is -1.92. The predicted molar refractivity (Wildman–Crippen MR) is 72.0 cm³/mol. The highest BCUT2D eigenvalue weighted by Crippen LogP contribution is 2.42. The van der Waals surface area contributed by atoms with Crippen LogP contribution in [0.3, 0.4) is 0 Å². The van der Waals surface area contributed by atoms with Crippen LogP contribution < -0.4 is 0 Å². The maximum absolute atomic E-state index is 4.47. The molecule has 0 amide bonds. The zero-order valence-electron chi connectivity index (χ0n) is 8.30. The van der Waals surface area contributed by atoms with Crippen LogP contribution in [0.2, 0.25) is 0 Å². The molecule has 0 aliphatic heterocycles. The Balaban J connectivity index is 2.34. The van der Waals surface area contributed by atoms with Crippen molar-refractivity contribution in [3.63, 3.8) is 0 Å². The van der Waals surface area contributed by atoms with Gasteiger partial charge in [-0.05, 0) is 11.1 Å². The van der Waals surface area contributed by atoms with Gasteiger partial charge in [-0.2, -0.15) is 12.2 Å². The van der Waals surface area contributed by atoms with Crippen molar-refractivity contribution in [3.8, 4) is 0 Å². The van der Waals surface area contributed by atoms with Crippen molar-refractivity contribution in [2.75, 3.05) is 0 Å². The summed E-state index contributed by atoms with van der Waals surface area (Å²) in [6.07, 6.45) is 0.